The van der Waals surface area contributed by atoms with Gasteiger partial charge in [-0.3, -0.25) is 9.69 Å². The molecule has 1 fully saturated rings. The quantitative estimate of drug-likeness (QED) is 0.863. The number of nitrogens with zero attached hydrogens (tertiary/aromatic N) is 1. The Morgan fingerprint density at radius 3 is 2.55 bits per heavy atom. The van der Waals surface area contributed by atoms with Crippen molar-refractivity contribution in [3.63, 3.8) is 0 Å². The molecule has 0 aliphatic carbocycles. The highest BCUT2D eigenvalue weighted by Gasteiger charge is 2.34. The molecular formula is C15H13FN2OS. The first-order valence-electron chi connectivity index (χ1n) is 6.20. The van der Waals surface area contributed by atoms with E-state index in [-0.39, 0.29) is 17.1 Å². The summed E-state index contributed by atoms with van der Waals surface area (Å²) in [6, 6.07) is 13.5. The van der Waals surface area contributed by atoms with Crippen LogP contribution in [0, 0.1) is 5.82 Å². The number of halogens is 1. The van der Waals surface area contributed by atoms with Crippen molar-refractivity contribution < 1.29 is 9.18 Å². The van der Waals surface area contributed by atoms with Crippen LogP contribution in [-0.2, 0) is 4.79 Å². The molecule has 1 unspecified atom stereocenters. The Labute approximate surface area is 120 Å². The fourth-order valence-corrected chi connectivity index (χ4v) is 3.49. The fourth-order valence-electron chi connectivity index (χ4n) is 2.27. The Hall–Kier alpha value is -2.01. The monoisotopic (exact) mass is 288 g/mol. The van der Waals surface area contributed by atoms with E-state index in [4.69, 9.17) is 5.73 Å². The van der Waals surface area contributed by atoms with Crippen LogP contribution >= 0.6 is 11.8 Å². The summed E-state index contributed by atoms with van der Waals surface area (Å²) >= 11 is 1.53. The van der Waals surface area contributed by atoms with Crippen molar-refractivity contribution in [1.29, 1.82) is 0 Å². The summed E-state index contributed by atoms with van der Waals surface area (Å²) in [6.45, 7) is 0. The molecule has 0 bridgehead atoms. The molecule has 1 saturated heterocycles. The van der Waals surface area contributed by atoms with Gasteiger partial charge in [0.2, 0.25) is 5.91 Å². The van der Waals surface area contributed by atoms with E-state index in [1.807, 2.05) is 24.3 Å². The van der Waals surface area contributed by atoms with E-state index in [0.717, 1.165) is 5.56 Å². The standard InChI is InChI=1S/C15H13FN2OS/c16-10-5-7-11(8-6-10)18-14(19)9-20-15(18)12-3-1-2-4-13(12)17/h1-8,15H,9,17H2. The summed E-state index contributed by atoms with van der Waals surface area (Å²) in [4.78, 5) is 13.8. The average molecular weight is 288 g/mol. The second-order valence-electron chi connectivity index (χ2n) is 4.53. The number of carbonyl (C=O) groups excluding carboxylic acids is 1. The third-order valence-corrected chi connectivity index (χ3v) is 4.43. The maximum Gasteiger partial charge on any atom is 0.238 e. The Kier molecular flexibility index (Phi) is 3.36. The van der Waals surface area contributed by atoms with Crippen molar-refractivity contribution >= 4 is 29.0 Å². The minimum atomic E-state index is -0.316. The van der Waals surface area contributed by atoms with Crippen molar-refractivity contribution in [3.8, 4) is 0 Å². The minimum absolute atomic E-state index is 0.00913. The van der Waals surface area contributed by atoms with Crippen molar-refractivity contribution in [1.82, 2.24) is 0 Å². The topological polar surface area (TPSA) is 46.3 Å². The van der Waals surface area contributed by atoms with E-state index < -0.39 is 0 Å². The van der Waals surface area contributed by atoms with E-state index in [2.05, 4.69) is 0 Å². The number of hydrogen-bond acceptors (Lipinski definition) is 3. The molecule has 3 rings (SSSR count). The van der Waals surface area contributed by atoms with Crippen LogP contribution in [0.5, 0.6) is 0 Å². The van der Waals surface area contributed by atoms with E-state index in [0.29, 0.717) is 17.1 Å². The summed E-state index contributed by atoms with van der Waals surface area (Å²) in [6.07, 6.45) is 0. The number of nitrogen functional groups attached to an aromatic ring is 1. The van der Waals surface area contributed by atoms with Crippen LogP contribution in [-0.4, -0.2) is 11.7 Å². The van der Waals surface area contributed by atoms with Crippen molar-refractivity contribution in [2.75, 3.05) is 16.4 Å². The number of thioether (sulfide) groups is 1. The van der Waals surface area contributed by atoms with Crippen LogP contribution < -0.4 is 10.6 Å². The normalized spacial score (nSPS) is 18.6. The van der Waals surface area contributed by atoms with Crippen molar-refractivity contribution in [3.05, 3.63) is 59.9 Å². The van der Waals surface area contributed by atoms with Gasteiger partial charge in [0.25, 0.3) is 0 Å². The van der Waals surface area contributed by atoms with Gasteiger partial charge in [-0.25, -0.2) is 4.39 Å². The number of nitrogens with two attached hydrogens (primary N) is 1. The Bertz CT molecular complexity index is 645. The number of hydrogen-bond donors (Lipinski definition) is 1. The molecule has 1 heterocycles. The number of carbonyl (C=O) groups is 1. The Morgan fingerprint density at radius 2 is 1.85 bits per heavy atom. The zero-order valence-electron chi connectivity index (χ0n) is 10.6. The van der Waals surface area contributed by atoms with Crippen LogP contribution in [0.25, 0.3) is 0 Å². The molecule has 0 spiro atoms. The molecule has 102 valence electrons. The summed E-state index contributed by atoms with van der Waals surface area (Å²) in [5.41, 5.74) is 8.26. The predicted molar refractivity (Wildman–Crippen MR) is 79.9 cm³/mol. The van der Waals surface area contributed by atoms with Crippen molar-refractivity contribution in [2.45, 2.75) is 5.37 Å². The molecule has 3 nitrogen and oxygen atoms in total. The zero-order valence-corrected chi connectivity index (χ0v) is 11.4. The summed E-state index contributed by atoms with van der Waals surface area (Å²) in [5.74, 6) is 0.0924. The zero-order chi connectivity index (χ0) is 14.1. The van der Waals surface area contributed by atoms with Crippen LogP contribution in [0.3, 0.4) is 0 Å². The van der Waals surface area contributed by atoms with E-state index in [1.165, 1.54) is 23.9 Å². The number of para-hydroxylation sites is 1. The van der Waals surface area contributed by atoms with Crippen LogP contribution in [0.4, 0.5) is 15.8 Å². The lowest BCUT2D eigenvalue weighted by Gasteiger charge is -2.25. The first-order chi connectivity index (χ1) is 9.66. The van der Waals surface area contributed by atoms with Gasteiger partial charge in [-0.15, -0.1) is 11.8 Å². The molecular weight excluding hydrogens is 275 g/mol. The van der Waals surface area contributed by atoms with Crippen LogP contribution in [0.15, 0.2) is 48.5 Å². The van der Waals surface area contributed by atoms with E-state index in [9.17, 15) is 9.18 Å². The van der Waals surface area contributed by atoms with E-state index in [1.54, 1.807) is 17.0 Å². The highest BCUT2D eigenvalue weighted by atomic mass is 32.2. The van der Waals surface area contributed by atoms with E-state index >= 15 is 0 Å². The lowest BCUT2D eigenvalue weighted by Crippen LogP contribution is -2.28. The summed E-state index contributed by atoms with van der Waals surface area (Å²) < 4.78 is 13.0. The van der Waals surface area contributed by atoms with Gasteiger partial charge in [0, 0.05) is 16.9 Å². The lowest BCUT2D eigenvalue weighted by molar-refractivity contribution is -0.115. The molecule has 1 aliphatic heterocycles. The van der Waals surface area contributed by atoms with Gasteiger partial charge >= 0.3 is 0 Å². The number of benzene rings is 2. The molecule has 1 amide bonds. The summed E-state index contributed by atoms with van der Waals surface area (Å²) in [5, 5.41) is -0.158. The van der Waals surface area contributed by atoms with Crippen molar-refractivity contribution in [2.24, 2.45) is 0 Å². The van der Waals surface area contributed by atoms with Crippen LogP contribution in [0.1, 0.15) is 10.9 Å². The fraction of sp³-hybridized carbons (Fsp3) is 0.133. The number of anilines is 2. The lowest BCUT2D eigenvalue weighted by atomic mass is 10.1. The minimum Gasteiger partial charge on any atom is -0.398 e. The van der Waals surface area contributed by atoms with Gasteiger partial charge < -0.3 is 5.73 Å². The van der Waals surface area contributed by atoms with Gasteiger partial charge in [0.15, 0.2) is 0 Å². The van der Waals surface area contributed by atoms with Gasteiger partial charge in [-0.2, -0.15) is 0 Å². The van der Waals surface area contributed by atoms with Gasteiger partial charge in [0.05, 0.1) is 5.75 Å². The van der Waals surface area contributed by atoms with Crippen LogP contribution in [0.2, 0.25) is 0 Å². The van der Waals surface area contributed by atoms with Gasteiger partial charge in [0.1, 0.15) is 11.2 Å². The first kappa shape index (κ1) is 13.0. The molecule has 0 aromatic heterocycles. The largest absolute Gasteiger partial charge is 0.398 e. The SMILES string of the molecule is Nc1ccccc1C1SCC(=O)N1c1ccc(F)cc1. The smallest absolute Gasteiger partial charge is 0.238 e. The number of rotatable bonds is 2. The number of amides is 1. The average Bonchev–Trinajstić information content (AvgIpc) is 2.82. The first-order valence-corrected chi connectivity index (χ1v) is 7.25. The second-order valence-corrected chi connectivity index (χ2v) is 5.60. The predicted octanol–water partition coefficient (Wildman–Crippen LogP) is 3.19. The molecule has 0 saturated carbocycles. The molecule has 1 aliphatic rings. The molecule has 0 radical (unpaired) electrons. The maximum absolute atomic E-state index is 13.0. The maximum atomic E-state index is 13.0. The summed E-state index contributed by atoms with van der Waals surface area (Å²) in [7, 11) is 0. The molecule has 5 heteroatoms. The van der Waals surface area contributed by atoms with Gasteiger partial charge in [-0.1, -0.05) is 18.2 Å². The molecule has 1 atom stereocenters. The third-order valence-electron chi connectivity index (χ3n) is 3.23. The highest BCUT2D eigenvalue weighted by Crippen LogP contribution is 2.43. The Balaban J connectivity index is 2.01. The highest BCUT2D eigenvalue weighted by molar-refractivity contribution is 8.00. The molecule has 2 aromatic carbocycles. The molecule has 2 N–H and O–H groups in total. The molecule has 20 heavy (non-hydrogen) atoms. The Morgan fingerprint density at radius 1 is 1.15 bits per heavy atom. The molecule has 2 aromatic rings. The second kappa shape index (κ2) is 5.17. The van der Waals surface area contributed by atoms with Gasteiger partial charge in [-0.05, 0) is 30.3 Å². The third kappa shape index (κ3) is 2.25.